The number of thiophene rings is 1. The van der Waals surface area contributed by atoms with Gasteiger partial charge in [-0.05, 0) is 11.4 Å². The first kappa shape index (κ1) is 23.8. The number of halogens is 2. The van der Waals surface area contributed by atoms with E-state index in [4.69, 9.17) is 37.4 Å². The van der Waals surface area contributed by atoms with Gasteiger partial charge in [0.2, 0.25) is 0 Å². The van der Waals surface area contributed by atoms with Crippen molar-refractivity contribution in [3.05, 3.63) is 45.3 Å². The van der Waals surface area contributed by atoms with Gasteiger partial charge in [0.25, 0.3) is 0 Å². The lowest BCUT2D eigenvalue weighted by Crippen LogP contribution is -2.39. The quantitative estimate of drug-likeness (QED) is 0.428. The Hall–Kier alpha value is -2.30. The molecule has 1 aromatic carbocycles. The average molecular weight is 510 g/mol. The molecule has 8 nitrogen and oxygen atoms in total. The summed E-state index contributed by atoms with van der Waals surface area (Å²) in [6.07, 6.45) is 1.52. The van der Waals surface area contributed by atoms with Crippen molar-refractivity contribution in [3.63, 3.8) is 0 Å². The van der Waals surface area contributed by atoms with E-state index in [-0.39, 0.29) is 0 Å². The van der Waals surface area contributed by atoms with Crippen LogP contribution in [0.1, 0.15) is 0 Å². The second-order valence-electron chi connectivity index (χ2n) is 7.22. The van der Waals surface area contributed by atoms with Gasteiger partial charge in [0, 0.05) is 43.7 Å². The van der Waals surface area contributed by atoms with Crippen molar-refractivity contribution in [3.8, 4) is 11.5 Å². The van der Waals surface area contributed by atoms with E-state index in [1.165, 1.54) is 6.33 Å². The fraction of sp³-hybridized carbons (Fsp3) is 0.364. The summed E-state index contributed by atoms with van der Waals surface area (Å²) in [5.41, 5.74) is 1.38. The van der Waals surface area contributed by atoms with Crippen LogP contribution in [0.15, 0.2) is 35.3 Å². The smallest absolute Gasteiger partial charge is 0.143 e. The number of hydrogen-bond acceptors (Lipinski definition) is 9. The molecule has 0 bridgehead atoms. The number of benzene rings is 1. The number of aromatic nitrogens is 2. The molecule has 11 heteroatoms. The van der Waals surface area contributed by atoms with Crippen molar-refractivity contribution >= 4 is 57.5 Å². The van der Waals surface area contributed by atoms with Gasteiger partial charge < -0.3 is 19.5 Å². The fourth-order valence-corrected chi connectivity index (χ4v) is 4.85. The molecule has 0 amide bonds. The number of nitrogens with zero attached hydrogens (tertiary/aromatic N) is 4. The topological polar surface area (TPSA) is 72.0 Å². The van der Waals surface area contributed by atoms with Gasteiger partial charge in [0.1, 0.15) is 39.5 Å². The Morgan fingerprint density at radius 2 is 1.85 bits per heavy atom. The summed E-state index contributed by atoms with van der Waals surface area (Å²) in [4.78, 5) is 13.1. The molecule has 1 fully saturated rings. The maximum absolute atomic E-state index is 6.74. The van der Waals surface area contributed by atoms with Gasteiger partial charge in [-0.1, -0.05) is 23.2 Å². The van der Waals surface area contributed by atoms with Crippen molar-refractivity contribution in [2.24, 2.45) is 0 Å². The molecule has 0 spiro atoms. The molecule has 3 heterocycles. The number of anilines is 4. The molecule has 0 atom stereocenters. The lowest BCUT2D eigenvalue weighted by Gasteiger charge is -2.27. The summed E-state index contributed by atoms with van der Waals surface area (Å²) in [7, 11) is 3.10. The minimum Gasteiger partial charge on any atom is -0.495 e. The van der Waals surface area contributed by atoms with E-state index in [1.54, 1.807) is 31.6 Å². The van der Waals surface area contributed by atoms with E-state index in [0.717, 1.165) is 45.1 Å². The highest BCUT2D eigenvalue weighted by molar-refractivity contribution is 7.08. The van der Waals surface area contributed by atoms with Gasteiger partial charge >= 0.3 is 0 Å². The molecular weight excluding hydrogens is 485 g/mol. The number of methoxy groups -OCH3 is 2. The number of morpholine rings is 1. The standard InChI is InChI=1S/C22H25Cl2N5O3S/c1-30-16-11-17(31-2)21(24)22(20(16)23)29(15-3-10-33-13-15)19-12-18(26-14-27-19)25-4-5-28-6-8-32-9-7-28/h3,10-14H,4-9H2,1-2H3,(H,25,26,27). The van der Waals surface area contributed by atoms with Crippen molar-refractivity contribution in [1.82, 2.24) is 14.9 Å². The Kier molecular flexibility index (Phi) is 8.11. The minimum atomic E-state index is 0.356. The van der Waals surface area contributed by atoms with Crippen LogP contribution in [0.2, 0.25) is 10.0 Å². The average Bonchev–Trinajstić information content (AvgIpc) is 3.37. The van der Waals surface area contributed by atoms with Crippen LogP contribution in [-0.4, -0.2) is 68.5 Å². The van der Waals surface area contributed by atoms with E-state index in [9.17, 15) is 0 Å². The predicted molar refractivity (Wildman–Crippen MR) is 133 cm³/mol. The van der Waals surface area contributed by atoms with Crippen molar-refractivity contribution in [2.75, 3.05) is 63.8 Å². The molecule has 3 aromatic rings. The Labute approximate surface area is 207 Å². The summed E-state index contributed by atoms with van der Waals surface area (Å²) in [6, 6.07) is 5.51. The highest BCUT2D eigenvalue weighted by atomic mass is 35.5. The first-order valence-electron chi connectivity index (χ1n) is 10.4. The minimum absolute atomic E-state index is 0.356. The zero-order chi connectivity index (χ0) is 23.2. The monoisotopic (exact) mass is 509 g/mol. The Bertz CT molecular complexity index is 1040. The lowest BCUT2D eigenvalue weighted by atomic mass is 10.2. The zero-order valence-electron chi connectivity index (χ0n) is 18.4. The van der Waals surface area contributed by atoms with Gasteiger partial charge in [-0.3, -0.25) is 9.80 Å². The van der Waals surface area contributed by atoms with Gasteiger partial charge in [-0.25, -0.2) is 9.97 Å². The predicted octanol–water partition coefficient (Wildman–Crippen LogP) is 5.08. The summed E-state index contributed by atoms with van der Waals surface area (Å²) in [6.45, 7) is 5.09. The van der Waals surface area contributed by atoms with Crippen LogP contribution in [0.25, 0.3) is 0 Å². The van der Waals surface area contributed by atoms with Crippen LogP contribution in [0.4, 0.5) is 23.0 Å². The maximum atomic E-state index is 6.74. The Morgan fingerprint density at radius 3 is 2.48 bits per heavy atom. The van der Waals surface area contributed by atoms with Crippen LogP contribution in [0.3, 0.4) is 0 Å². The van der Waals surface area contributed by atoms with Crippen LogP contribution in [-0.2, 0) is 4.74 Å². The summed E-state index contributed by atoms with van der Waals surface area (Å²) in [5.74, 6) is 2.21. The molecule has 0 saturated carbocycles. The van der Waals surface area contributed by atoms with Gasteiger partial charge in [0.05, 0.1) is 38.8 Å². The van der Waals surface area contributed by atoms with Crippen molar-refractivity contribution in [2.45, 2.75) is 0 Å². The molecule has 1 aliphatic rings. The van der Waals surface area contributed by atoms with E-state index >= 15 is 0 Å². The third-order valence-corrected chi connectivity index (χ3v) is 6.66. The Balaban J connectivity index is 1.66. The highest BCUT2D eigenvalue weighted by Crippen LogP contribution is 2.50. The van der Waals surface area contributed by atoms with E-state index < -0.39 is 0 Å². The highest BCUT2D eigenvalue weighted by Gasteiger charge is 2.26. The molecule has 2 aromatic heterocycles. The molecule has 1 aliphatic heterocycles. The van der Waals surface area contributed by atoms with Crippen LogP contribution in [0, 0.1) is 0 Å². The largest absolute Gasteiger partial charge is 0.495 e. The van der Waals surface area contributed by atoms with Gasteiger partial charge in [0.15, 0.2) is 0 Å². The van der Waals surface area contributed by atoms with Gasteiger partial charge in [-0.15, -0.1) is 0 Å². The SMILES string of the molecule is COc1cc(OC)c(Cl)c(N(c2ccsc2)c2cc(NCCN3CCOCC3)ncn2)c1Cl. The number of hydrogen-bond donors (Lipinski definition) is 1. The number of nitrogens with one attached hydrogen (secondary N) is 1. The van der Waals surface area contributed by atoms with E-state index in [0.29, 0.717) is 38.9 Å². The number of rotatable bonds is 9. The molecule has 1 N–H and O–H groups in total. The van der Waals surface area contributed by atoms with Crippen molar-refractivity contribution < 1.29 is 14.2 Å². The van der Waals surface area contributed by atoms with Gasteiger partial charge in [-0.2, -0.15) is 11.3 Å². The lowest BCUT2D eigenvalue weighted by molar-refractivity contribution is 0.0398. The second kappa shape index (κ2) is 11.2. The van der Waals surface area contributed by atoms with Crippen LogP contribution in [0.5, 0.6) is 11.5 Å². The normalized spacial score (nSPS) is 14.2. The van der Waals surface area contributed by atoms with Crippen molar-refractivity contribution in [1.29, 1.82) is 0 Å². The molecule has 176 valence electrons. The first-order chi connectivity index (χ1) is 16.1. The van der Waals surface area contributed by atoms with Crippen LogP contribution < -0.4 is 19.7 Å². The fourth-order valence-electron chi connectivity index (χ4n) is 3.56. The van der Waals surface area contributed by atoms with E-state index in [2.05, 4.69) is 20.2 Å². The Morgan fingerprint density at radius 1 is 1.12 bits per heavy atom. The molecule has 33 heavy (non-hydrogen) atoms. The third kappa shape index (κ3) is 5.44. The molecule has 0 unspecified atom stereocenters. The number of ether oxygens (including phenoxy) is 3. The molecule has 1 saturated heterocycles. The molecular formula is C22H25Cl2N5O3S. The summed E-state index contributed by atoms with van der Waals surface area (Å²) in [5, 5.41) is 8.07. The molecule has 0 radical (unpaired) electrons. The van der Waals surface area contributed by atoms with E-state index in [1.807, 2.05) is 27.8 Å². The second-order valence-corrected chi connectivity index (χ2v) is 8.75. The molecule has 0 aliphatic carbocycles. The zero-order valence-corrected chi connectivity index (χ0v) is 20.7. The maximum Gasteiger partial charge on any atom is 0.143 e. The summed E-state index contributed by atoms with van der Waals surface area (Å²) >= 11 is 15.0. The molecule has 4 rings (SSSR count). The summed E-state index contributed by atoms with van der Waals surface area (Å²) < 4.78 is 16.3. The third-order valence-electron chi connectivity index (χ3n) is 5.26. The first-order valence-corrected chi connectivity index (χ1v) is 12.1. The van der Waals surface area contributed by atoms with Crippen LogP contribution >= 0.6 is 34.5 Å².